The van der Waals surface area contributed by atoms with E-state index in [9.17, 15) is 9.59 Å². The first-order valence-corrected chi connectivity index (χ1v) is 5.39. The van der Waals surface area contributed by atoms with Crippen LogP contribution in [0.1, 0.15) is 39.2 Å². The molecule has 0 saturated carbocycles. The molecule has 1 aromatic heterocycles. The number of hydrogen-bond acceptors (Lipinski definition) is 2. The van der Waals surface area contributed by atoms with E-state index in [0.717, 1.165) is 5.57 Å². The van der Waals surface area contributed by atoms with Gasteiger partial charge in [-0.05, 0) is 19.8 Å². The van der Waals surface area contributed by atoms with Gasteiger partial charge in [0.05, 0.1) is 0 Å². The van der Waals surface area contributed by atoms with Crippen LogP contribution in [0.15, 0.2) is 27.4 Å². The van der Waals surface area contributed by atoms with Gasteiger partial charge in [-0.25, -0.2) is 4.79 Å². The highest BCUT2D eigenvalue weighted by Crippen LogP contribution is 2.06. The summed E-state index contributed by atoms with van der Waals surface area (Å²) in [6.07, 6.45) is 3.59. The molecule has 0 aliphatic heterocycles. The lowest BCUT2D eigenvalue weighted by Crippen LogP contribution is -2.31. The Balaban J connectivity index is 3.20. The third-order valence-electron chi connectivity index (χ3n) is 2.36. The number of nitrogens with zero attached hydrogens (tertiary/aromatic N) is 1. The summed E-state index contributed by atoms with van der Waals surface area (Å²) in [5.74, 6) is 0.113. The predicted octanol–water partition coefficient (Wildman–Crippen LogP) is 1.63. The number of aromatic amines is 1. The van der Waals surface area contributed by atoms with Crippen molar-refractivity contribution in [2.24, 2.45) is 0 Å². The van der Waals surface area contributed by atoms with Gasteiger partial charge in [-0.1, -0.05) is 25.5 Å². The second-order valence-corrected chi connectivity index (χ2v) is 4.43. The number of hydrogen-bond donors (Lipinski definition) is 1. The average molecular weight is 222 g/mol. The Morgan fingerprint density at radius 3 is 2.56 bits per heavy atom. The monoisotopic (exact) mass is 222 g/mol. The number of allylic oxidation sites excluding steroid dienone is 2. The summed E-state index contributed by atoms with van der Waals surface area (Å²) < 4.78 is 1.52. The van der Waals surface area contributed by atoms with Crippen molar-refractivity contribution in [3.05, 3.63) is 44.2 Å². The second-order valence-electron chi connectivity index (χ2n) is 4.43. The molecule has 1 N–H and O–H groups in total. The highest BCUT2D eigenvalue weighted by molar-refractivity contribution is 5.09. The van der Waals surface area contributed by atoms with Crippen molar-refractivity contribution in [3.63, 3.8) is 0 Å². The van der Waals surface area contributed by atoms with E-state index in [2.05, 4.69) is 4.98 Å². The van der Waals surface area contributed by atoms with Gasteiger partial charge in [0.15, 0.2) is 0 Å². The summed E-state index contributed by atoms with van der Waals surface area (Å²) in [7, 11) is 0. The first-order valence-electron chi connectivity index (χ1n) is 5.39. The smallest absolute Gasteiger partial charge is 0.296 e. The molecule has 88 valence electrons. The van der Waals surface area contributed by atoms with Gasteiger partial charge in [-0.3, -0.25) is 14.3 Å². The summed E-state index contributed by atoms with van der Waals surface area (Å²) in [4.78, 5) is 25.3. The first kappa shape index (κ1) is 12.5. The standard InChI is InChI=1S/C12H18N2O2/c1-8(2)5-6-14-7-10(9(3)4)11(15)13-12(14)16/h5,7,9H,6H2,1-4H3,(H,13,15,16). The Hall–Kier alpha value is -1.58. The zero-order valence-electron chi connectivity index (χ0n) is 10.2. The highest BCUT2D eigenvalue weighted by Gasteiger charge is 2.07. The van der Waals surface area contributed by atoms with Crippen LogP contribution < -0.4 is 11.2 Å². The van der Waals surface area contributed by atoms with Crippen LogP contribution in [0.2, 0.25) is 0 Å². The molecule has 0 fully saturated rings. The average Bonchev–Trinajstić information content (AvgIpc) is 2.15. The van der Waals surface area contributed by atoms with Crippen molar-refractivity contribution >= 4 is 0 Å². The summed E-state index contributed by atoms with van der Waals surface area (Å²) in [6, 6.07) is 0. The Labute approximate surface area is 94.6 Å². The zero-order valence-corrected chi connectivity index (χ0v) is 10.2. The van der Waals surface area contributed by atoms with E-state index in [1.54, 1.807) is 6.20 Å². The van der Waals surface area contributed by atoms with E-state index in [-0.39, 0.29) is 17.2 Å². The summed E-state index contributed by atoms with van der Waals surface area (Å²) in [5, 5.41) is 0. The van der Waals surface area contributed by atoms with Crippen molar-refractivity contribution in [1.29, 1.82) is 0 Å². The number of aromatic nitrogens is 2. The van der Waals surface area contributed by atoms with Crippen LogP contribution in [-0.4, -0.2) is 9.55 Å². The SMILES string of the molecule is CC(C)=CCn1cc(C(C)C)c(=O)[nH]c1=O. The summed E-state index contributed by atoms with van der Waals surface area (Å²) in [6.45, 7) is 8.30. The molecule has 0 amide bonds. The van der Waals surface area contributed by atoms with Crippen LogP contribution >= 0.6 is 0 Å². The van der Waals surface area contributed by atoms with Gasteiger partial charge in [0.25, 0.3) is 5.56 Å². The fraction of sp³-hybridized carbons (Fsp3) is 0.500. The number of nitrogens with one attached hydrogen (secondary N) is 1. The molecule has 1 rings (SSSR count). The molecule has 1 aromatic rings. The van der Waals surface area contributed by atoms with Gasteiger partial charge >= 0.3 is 5.69 Å². The number of H-pyrrole nitrogens is 1. The van der Waals surface area contributed by atoms with Crippen molar-refractivity contribution in [2.45, 2.75) is 40.2 Å². The van der Waals surface area contributed by atoms with E-state index in [0.29, 0.717) is 12.1 Å². The molecule has 0 spiro atoms. The van der Waals surface area contributed by atoms with Crippen LogP contribution in [0.5, 0.6) is 0 Å². The van der Waals surface area contributed by atoms with Gasteiger partial charge < -0.3 is 0 Å². The molecule has 0 bridgehead atoms. The highest BCUT2D eigenvalue weighted by atomic mass is 16.2. The van der Waals surface area contributed by atoms with Gasteiger partial charge in [-0.2, -0.15) is 0 Å². The molecule has 16 heavy (non-hydrogen) atoms. The predicted molar refractivity (Wildman–Crippen MR) is 64.8 cm³/mol. The Morgan fingerprint density at radius 2 is 2.06 bits per heavy atom. The Morgan fingerprint density at radius 1 is 1.44 bits per heavy atom. The van der Waals surface area contributed by atoms with E-state index in [1.165, 1.54) is 4.57 Å². The Kier molecular flexibility index (Phi) is 3.88. The van der Waals surface area contributed by atoms with Gasteiger partial charge in [0.2, 0.25) is 0 Å². The molecule has 0 aliphatic rings. The van der Waals surface area contributed by atoms with Crippen LogP contribution in [0, 0.1) is 0 Å². The van der Waals surface area contributed by atoms with E-state index in [1.807, 2.05) is 33.8 Å². The molecule has 4 heteroatoms. The molecule has 0 atom stereocenters. The van der Waals surface area contributed by atoms with E-state index < -0.39 is 0 Å². The molecule has 0 aliphatic carbocycles. The van der Waals surface area contributed by atoms with Crippen molar-refractivity contribution in [2.75, 3.05) is 0 Å². The molecule has 1 heterocycles. The maximum Gasteiger partial charge on any atom is 0.328 e. The van der Waals surface area contributed by atoms with E-state index >= 15 is 0 Å². The quantitative estimate of drug-likeness (QED) is 0.790. The first-order chi connectivity index (χ1) is 7.41. The lowest BCUT2D eigenvalue weighted by Gasteiger charge is -2.07. The van der Waals surface area contributed by atoms with E-state index in [4.69, 9.17) is 0 Å². The van der Waals surface area contributed by atoms with Crippen molar-refractivity contribution < 1.29 is 0 Å². The van der Waals surface area contributed by atoms with Crippen molar-refractivity contribution in [3.8, 4) is 0 Å². The molecular formula is C12H18N2O2. The summed E-state index contributed by atoms with van der Waals surface area (Å²) >= 11 is 0. The second kappa shape index (κ2) is 4.96. The van der Waals surface area contributed by atoms with Crippen molar-refractivity contribution in [1.82, 2.24) is 9.55 Å². The normalized spacial score (nSPS) is 10.6. The molecule has 0 aromatic carbocycles. The molecule has 0 radical (unpaired) electrons. The topological polar surface area (TPSA) is 54.9 Å². The molecule has 0 saturated heterocycles. The van der Waals surface area contributed by atoms with Gasteiger partial charge in [-0.15, -0.1) is 0 Å². The minimum absolute atomic E-state index is 0.113. The Bertz CT molecular complexity index is 502. The third-order valence-corrected chi connectivity index (χ3v) is 2.36. The zero-order chi connectivity index (χ0) is 12.3. The van der Waals surface area contributed by atoms with Crippen LogP contribution in [-0.2, 0) is 6.54 Å². The minimum atomic E-state index is -0.355. The number of rotatable bonds is 3. The largest absolute Gasteiger partial charge is 0.328 e. The minimum Gasteiger partial charge on any atom is -0.296 e. The fourth-order valence-corrected chi connectivity index (χ4v) is 1.35. The fourth-order valence-electron chi connectivity index (χ4n) is 1.35. The summed E-state index contributed by atoms with van der Waals surface area (Å²) in [5.41, 5.74) is 1.14. The molecule has 4 nitrogen and oxygen atoms in total. The molecule has 0 unspecified atom stereocenters. The van der Waals surface area contributed by atoms with Gasteiger partial charge in [0, 0.05) is 18.3 Å². The van der Waals surface area contributed by atoms with Crippen LogP contribution in [0.4, 0.5) is 0 Å². The maximum absolute atomic E-state index is 11.5. The van der Waals surface area contributed by atoms with Gasteiger partial charge in [0.1, 0.15) is 0 Å². The maximum atomic E-state index is 11.5. The van der Waals surface area contributed by atoms with Crippen LogP contribution in [0.25, 0.3) is 0 Å². The van der Waals surface area contributed by atoms with Crippen LogP contribution in [0.3, 0.4) is 0 Å². The lowest BCUT2D eigenvalue weighted by atomic mass is 10.1. The third kappa shape index (κ3) is 2.95. The molecular weight excluding hydrogens is 204 g/mol. The lowest BCUT2D eigenvalue weighted by molar-refractivity contribution is 0.698.